The fourth-order valence-electron chi connectivity index (χ4n) is 2.82. The lowest BCUT2D eigenvalue weighted by Gasteiger charge is -2.15. The lowest BCUT2D eigenvalue weighted by Crippen LogP contribution is -2.28. The molecule has 168 valence electrons. The number of nitrogens with one attached hydrogen (secondary N) is 2. The van der Waals surface area contributed by atoms with Gasteiger partial charge in [-0.3, -0.25) is 9.59 Å². The van der Waals surface area contributed by atoms with E-state index in [1.54, 1.807) is 30.3 Å². The summed E-state index contributed by atoms with van der Waals surface area (Å²) in [5.41, 5.74) is 1.10. The smallest absolute Gasteiger partial charge is 0.257 e. The Bertz CT molecular complexity index is 915. The predicted molar refractivity (Wildman–Crippen MR) is 114 cm³/mol. The van der Waals surface area contributed by atoms with E-state index in [1.807, 2.05) is 6.92 Å². The second kappa shape index (κ2) is 11.5. The van der Waals surface area contributed by atoms with Gasteiger partial charge in [0.1, 0.15) is 5.75 Å². The van der Waals surface area contributed by atoms with Gasteiger partial charge < -0.3 is 34.3 Å². The third kappa shape index (κ3) is 6.18. The molecule has 0 heterocycles. The zero-order valence-corrected chi connectivity index (χ0v) is 18.4. The van der Waals surface area contributed by atoms with E-state index in [1.165, 1.54) is 28.4 Å². The van der Waals surface area contributed by atoms with Crippen LogP contribution in [0.5, 0.6) is 28.7 Å². The maximum atomic E-state index is 12.7. The quantitative estimate of drug-likeness (QED) is 0.561. The van der Waals surface area contributed by atoms with Crippen LogP contribution < -0.4 is 34.3 Å². The van der Waals surface area contributed by atoms with Gasteiger partial charge in [0.05, 0.1) is 34.0 Å². The molecule has 0 saturated heterocycles. The Balaban J connectivity index is 2.10. The molecular weight excluding hydrogens is 404 g/mol. The highest BCUT2D eigenvalue weighted by molar-refractivity contribution is 5.97. The Morgan fingerprint density at radius 3 is 2.00 bits per heavy atom. The summed E-state index contributed by atoms with van der Waals surface area (Å²) in [5.74, 6) is 1.58. The zero-order chi connectivity index (χ0) is 22.8. The van der Waals surface area contributed by atoms with Crippen LogP contribution in [0.1, 0.15) is 22.8 Å². The number of amides is 2. The van der Waals surface area contributed by atoms with Gasteiger partial charge in [-0.25, -0.2) is 0 Å². The van der Waals surface area contributed by atoms with Crippen molar-refractivity contribution in [3.63, 3.8) is 0 Å². The molecule has 0 aliphatic rings. The first-order chi connectivity index (χ1) is 15.0. The monoisotopic (exact) mass is 432 g/mol. The first kappa shape index (κ1) is 23.7. The van der Waals surface area contributed by atoms with Crippen molar-refractivity contribution in [2.24, 2.45) is 0 Å². The van der Waals surface area contributed by atoms with Crippen molar-refractivity contribution in [3.05, 3.63) is 41.5 Å². The number of likely N-dealkylation sites (N-methyl/N-ethyl adjacent to an activating group) is 1. The van der Waals surface area contributed by atoms with Crippen LogP contribution in [0.25, 0.3) is 0 Å². The molecule has 0 spiro atoms. The molecule has 0 radical (unpaired) electrons. The second-order valence-electron chi connectivity index (χ2n) is 6.32. The van der Waals surface area contributed by atoms with E-state index in [0.717, 1.165) is 5.56 Å². The van der Waals surface area contributed by atoms with Gasteiger partial charge in [-0.15, -0.1) is 0 Å². The number of hydrogen-bond acceptors (Lipinski definition) is 7. The third-order valence-corrected chi connectivity index (χ3v) is 4.36. The summed E-state index contributed by atoms with van der Waals surface area (Å²) in [6, 6.07) is 8.36. The highest BCUT2D eigenvalue weighted by Crippen LogP contribution is 2.34. The average Bonchev–Trinajstić information content (AvgIpc) is 2.80. The molecule has 2 N–H and O–H groups in total. The number of benzene rings is 2. The molecule has 2 aromatic carbocycles. The summed E-state index contributed by atoms with van der Waals surface area (Å²) in [7, 11) is 5.98. The minimum Gasteiger partial charge on any atom is -0.496 e. The molecule has 2 amide bonds. The van der Waals surface area contributed by atoms with Gasteiger partial charge in [-0.05, 0) is 24.6 Å². The van der Waals surface area contributed by atoms with Gasteiger partial charge in [-0.1, -0.05) is 6.07 Å². The molecule has 0 bridgehead atoms. The molecule has 0 unspecified atom stereocenters. The van der Waals surface area contributed by atoms with Crippen LogP contribution in [0.4, 0.5) is 0 Å². The Hall–Kier alpha value is -3.62. The molecule has 0 atom stereocenters. The fraction of sp³-hybridized carbons (Fsp3) is 0.364. The number of methoxy groups -OCH3 is 4. The van der Waals surface area contributed by atoms with Crippen molar-refractivity contribution in [1.29, 1.82) is 0 Å². The van der Waals surface area contributed by atoms with Gasteiger partial charge in [-0.2, -0.15) is 0 Å². The number of carbonyl (C=O) groups is 2. The minimum atomic E-state index is -0.340. The summed E-state index contributed by atoms with van der Waals surface area (Å²) in [5, 5.41) is 5.50. The summed E-state index contributed by atoms with van der Waals surface area (Å²) in [6.45, 7) is 2.49. The van der Waals surface area contributed by atoms with Crippen molar-refractivity contribution in [2.75, 3.05) is 41.6 Å². The maximum Gasteiger partial charge on any atom is 0.257 e. The van der Waals surface area contributed by atoms with Crippen LogP contribution in [0.2, 0.25) is 0 Å². The van der Waals surface area contributed by atoms with Crippen LogP contribution in [0, 0.1) is 0 Å². The summed E-state index contributed by atoms with van der Waals surface area (Å²) >= 11 is 0. The van der Waals surface area contributed by atoms with E-state index in [0.29, 0.717) is 40.9 Å². The first-order valence-electron chi connectivity index (χ1n) is 9.61. The Morgan fingerprint density at radius 2 is 1.39 bits per heavy atom. The van der Waals surface area contributed by atoms with Crippen LogP contribution >= 0.6 is 0 Å². The molecule has 2 rings (SSSR count). The van der Waals surface area contributed by atoms with Crippen molar-refractivity contribution in [3.8, 4) is 28.7 Å². The predicted octanol–water partition coefficient (Wildman–Crippen LogP) is 2.17. The number of rotatable bonds is 11. The lowest BCUT2D eigenvalue weighted by atomic mass is 10.1. The molecule has 9 nitrogen and oxygen atoms in total. The Morgan fingerprint density at radius 1 is 0.774 bits per heavy atom. The number of ether oxygens (including phenoxy) is 5. The molecule has 0 aliphatic carbocycles. The molecule has 0 fully saturated rings. The van der Waals surface area contributed by atoms with E-state index >= 15 is 0 Å². The van der Waals surface area contributed by atoms with Crippen molar-refractivity contribution < 1.29 is 33.3 Å². The largest absolute Gasteiger partial charge is 0.496 e. The van der Waals surface area contributed by atoms with Gasteiger partial charge >= 0.3 is 0 Å². The summed E-state index contributed by atoms with van der Waals surface area (Å²) in [4.78, 5) is 24.3. The fourth-order valence-corrected chi connectivity index (χ4v) is 2.82. The second-order valence-corrected chi connectivity index (χ2v) is 6.32. The van der Waals surface area contributed by atoms with Crippen LogP contribution in [0.3, 0.4) is 0 Å². The van der Waals surface area contributed by atoms with Gasteiger partial charge in [0, 0.05) is 25.2 Å². The minimum absolute atomic E-state index is 0.112. The van der Waals surface area contributed by atoms with Gasteiger partial charge in [0.25, 0.3) is 11.8 Å². The van der Waals surface area contributed by atoms with E-state index in [2.05, 4.69) is 10.6 Å². The number of carbonyl (C=O) groups excluding carboxylic acids is 2. The normalized spacial score (nSPS) is 10.1. The Labute approximate surface area is 181 Å². The highest BCUT2D eigenvalue weighted by atomic mass is 16.5. The van der Waals surface area contributed by atoms with Crippen molar-refractivity contribution >= 4 is 11.8 Å². The molecule has 0 aliphatic heterocycles. The molecule has 0 saturated carbocycles. The van der Waals surface area contributed by atoms with E-state index in [4.69, 9.17) is 23.7 Å². The highest BCUT2D eigenvalue weighted by Gasteiger charge is 2.18. The first-order valence-corrected chi connectivity index (χ1v) is 9.61. The summed E-state index contributed by atoms with van der Waals surface area (Å²) < 4.78 is 26.7. The standard InChI is InChI=1S/C22H28N2O7/c1-6-23-21(25)13-31-16-8-7-14(9-18(16)28-3)12-24-22(26)15-10-19(29-4)20(30-5)11-17(15)27-2/h7-11H,6,12-13H2,1-5H3,(H,23,25)(H,24,26). The topological polar surface area (TPSA) is 104 Å². The number of hydrogen-bond donors (Lipinski definition) is 2. The third-order valence-electron chi connectivity index (χ3n) is 4.36. The van der Waals surface area contributed by atoms with Crippen LogP contribution in [-0.4, -0.2) is 53.4 Å². The SMILES string of the molecule is CCNC(=O)COc1ccc(CNC(=O)c2cc(OC)c(OC)cc2OC)cc1OC. The van der Waals surface area contributed by atoms with Gasteiger partial charge in [0.15, 0.2) is 29.6 Å². The van der Waals surface area contributed by atoms with Gasteiger partial charge in [0.2, 0.25) is 0 Å². The van der Waals surface area contributed by atoms with E-state index in [-0.39, 0.29) is 25.0 Å². The van der Waals surface area contributed by atoms with Crippen LogP contribution in [0.15, 0.2) is 30.3 Å². The van der Waals surface area contributed by atoms with Crippen molar-refractivity contribution in [2.45, 2.75) is 13.5 Å². The zero-order valence-electron chi connectivity index (χ0n) is 18.4. The summed E-state index contributed by atoms with van der Waals surface area (Å²) in [6.07, 6.45) is 0. The van der Waals surface area contributed by atoms with E-state index < -0.39 is 0 Å². The average molecular weight is 432 g/mol. The molecule has 9 heteroatoms. The molecule has 0 aromatic heterocycles. The molecule has 31 heavy (non-hydrogen) atoms. The van der Waals surface area contributed by atoms with Crippen molar-refractivity contribution in [1.82, 2.24) is 10.6 Å². The maximum absolute atomic E-state index is 12.7. The molecular formula is C22H28N2O7. The lowest BCUT2D eigenvalue weighted by molar-refractivity contribution is -0.123. The Kier molecular flexibility index (Phi) is 8.80. The van der Waals surface area contributed by atoms with E-state index in [9.17, 15) is 9.59 Å². The molecule has 2 aromatic rings. The van der Waals surface area contributed by atoms with Crippen LogP contribution in [-0.2, 0) is 11.3 Å².